The van der Waals surface area contributed by atoms with Crippen LogP contribution in [0.4, 0.5) is 5.69 Å². The summed E-state index contributed by atoms with van der Waals surface area (Å²) in [6.07, 6.45) is 0. The molecule has 1 fully saturated rings. The lowest BCUT2D eigenvalue weighted by Gasteiger charge is -2.15. The van der Waals surface area contributed by atoms with Crippen LogP contribution < -0.4 is 10.2 Å². The van der Waals surface area contributed by atoms with Crippen molar-refractivity contribution >= 4 is 34.9 Å². The molecule has 0 aromatic heterocycles. The van der Waals surface area contributed by atoms with E-state index in [1.165, 1.54) is 12.1 Å². The van der Waals surface area contributed by atoms with Gasteiger partial charge in [0.05, 0.1) is 5.56 Å². The molecule has 1 amide bonds. The molecule has 0 spiro atoms. The molecular weight excluding hydrogens is 228 g/mol. The first kappa shape index (κ1) is 10.6. The fraction of sp³-hybridized carbons (Fsp3) is 0.100. The molecule has 16 heavy (non-hydrogen) atoms. The minimum Gasteiger partial charge on any atom is -0.478 e. The summed E-state index contributed by atoms with van der Waals surface area (Å²) in [5.74, 6) is -1.14. The molecule has 1 aliphatic heterocycles. The molecule has 2 N–H and O–H groups in total. The van der Waals surface area contributed by atoms with Gasteiger partial charge in [-0.1, -0.05) is 0 Å². The van der Waals surface area contributed by atoms with Gasteiger partial charge in [0.15, 0.2) is 5.11 Å². The Morgan fingerprint density at radius 1 is 1.38 bits per heavy atom. The third-order valence-electron chi connectivity index (χ3n) is 2.22. The van der Waals surface area contributed by atoms with E-state index in [4.69, 9.17) is 17.3 Å². The largest absolute Gasteiger partial charge is 0.478 e. The number of hydrogen-bond acceptors (Lipinski definition) is 3. The Balaban J connectivity index is 2.25. The SMILES string of the molecule is O=C1CN(c2ccc(C(=O)O)cc2)C(=S)N1. The summed E-state index contributed by atoms with van der Waals surface area (Å²) >= 11 is 4.96. The number of nitrogens with zero attached hydrogens (tertiary/aromatic N) is 1. The maximum atomic E-state index is 11.1. The number of rotatable bonds is 2. The lowest BCUT2D eigenvalue weighted by Crippen LogP contribution is -2.27. The van der Waals surface area contributed by atoms with Crippen molar-refractivity contribution in [2.24, 2.45) is 0 Å². The monoisotopic (exact) mass is 236 g/mol. The van der Waals surface area contributed by atoms with Crippen LogP contribution in [-0.2, 0) is 4.79 Å². The van der Waals surface area contributed by atoms with Gasteiger partial charge in [0.25, 0.3) is 0 Å². The number of anilines is 1. The van der Waals surface area contributed by atoms with E-state index in [2.05, 4.69) is 5.32 Å². The van der Waals surface area contributed by atoms with Crippen molar-refractivity contribution in [2.45, 2.75) is 0 Å². The molecule has 0 atom stereocenters. The summed E-state index contributed by atoms with van der Waals surface area (Å²) in [6.45, 7) is 0.172. The highest BCUT2D eigenvalue weighted by molar-refractivity contribution is 7.80. The number of aromatic carboxylic acids is 1. The van der Waals surface area contributed by atoms with Gasteiger partial charge in [-0.15, -0.1) is 0 Å². The predicted molar refractivity (Wildman–Crippen MR) is 61.5 cm³/mol. The van der Waals surface area contributed by atoms with Crippen molar-refractivity contribution in [1.82, 2.24) is 5.32 Å². The van der Waals surface area contributed by atoms with Crippen molar-refractivity contribution < 1.29 is 14.7 Å². The number of benzene rings is 1. The molecule has 1 aromatic rings. The van der Waals surface area contributed by atoms with Crippen LogP contribution in [0.3, 0.4) is 0 Å². The molecule has 6 heteroatoms. The zero-order valence-electron chi connectivity index (χ0n) is 8.14. The van der Waals surface area contributed by atoms with Crippen molar-refractivity contribution in [3.05, 3.63) is 29.8 Å². The Morgan fingerprint density at radius 3 is 2.44 bits per heavy atom. The second kappa shape index (κ2) is 3.90. The van der Waals surface area contributed by atoms with Gasteiger partial charge >= 0.3 is 5.97 Å². The number of hydrogen-bond donors (Lipinski definition) is 2. The second-order valence-corrected chi connectivity index (χ2v) is 3.68. The molecule has 0 unspecified atom stereocenters. The van der Waals surface area contributed by atoms with Crippen molar-refractivity contribution in [2.75, 3.05) is 11.4 Å². The number of nitrogens with one attached hydrogen (secondary N) is 1. The molecule has 5 nitrogen and oxygen atoms in total. The highest BCUT2D eigenvalue weighted by Crippen LogP contribution is 2.17. The number of carbonyl (C=O) groups excluding carboxylic acids is 1. The van der Waals surface area contributed by atoms with Crippen molar-refractivity contribution in [3.63, 3.8) is 0 Å². The van der Waals surface area contributed by atoms with Gasteiger partial charge in [-0.2, -0.15) is 0 Å². The number of carboxylic acids is 1. The molecule has 1 saturated heterocycles. The fourth-order valence-corrected chi connectivity index (χ4v) is 1.72. The zero-order valence-corrected chi connectivity index (χ0v) is 8.95. The first-order valence-corrected chi connectivity index (χ1v) is 4.93. The zero-order chi connectivity index (χ0) is 11.7. The summed E-state index contributed by atoms with van der Waals surface area (Å²) < 4.78 is 0. The van der Waals surface area contributed by atoms with Crippen LogP contribution in [-0.4, -0.2) is 28.6 Å². The molecule has 0 aliphatic carbocycles. The third kappa shape index (κ3) is 1.87. The highest BCUT2D eigenvalue weighted by Gasteiger charge is 2.24. The lowest BCUT2D eigenvalue weighted by atomic mass is 10.2. The van der Waals surface area contributed by atoms with E-state index < -0.39 is 5.97 Å². The fourth-order valence-electron chi connectivity index (χ4n) is 1.43. The van der Waals surface area contributed by atoms with Crippen LogP contribution in [0.25, 0.3) is 0 Å². The minimum atomic E-state index is -0.982. The summed E-state index contributed by atoms with van der Waals surface area (Å²) in [5, 5.41) is 11.6. The van der Waals surface area contributed by atoms with Crippen LogP contribution in [0.2, 0.25) is 0 Å². The van der Waals surface area contributed by atoms with E-state index in [9.17, 15) is 9.59 Å². The van der Waals surface area contributed by atoms with E-state index in [1.807, 2.05) is 0 Å². The van der Waals surface area contributed by atoms with Crippen LogP contribution in [0, 0.1) is 0 Å². The standard InChI is InChI=1S/C10H8N2O3S/c13-8-5-12(10(16)11-8)7-3-1-6(2-4-7)9(14)15/h1-4H,5H2,(H,14,15)(H,11,13,16). The first-order chi connectivity index (χ1) is 7.58. The van der Waals surface area contributed by atoms with E-state index >= 15 is 0 Å². The summed E-state index contributed by atoms with van der Waals surface area (Å²) in [4.78, 5) is 23.3. The topological polar surface area (TPSA) is 69.6 Å². The van der Waals surface area contributed by atoms with Crippen molar-refractivity contribution in [3.8, 4) is 0 Å². The Labute approximate surface area is 96.7 Å². The number of carbonyl (C=O) groups is 2. The molecule has 0 radical (unpaired) electrons. The summed E-state index contributed by atoms with van der Waals surface area (Å²) in [7, 11) is 0. The Bertz CT molecular complexity index is 469. The van der Waals surface area contributed by atoms with Gasteiger partial charge in [-0.05, 0) is 36.5 Å². The number of carboxylic acid groups (broad SMARTS) is 1. The molecule has 0 bridgehead atoms. The smallest absolute Gasteiger partial charge is 0.335 e. The van der Waals surface area contributed by atoms with E-state index in [0.717, 1.165) is 0 Å². The summed E-state index contributed by atoms with van der Waals surface area (Å²) in [6, 6.07) is 6.19. The van der Waals surface area contributed by atoms with Gasteiger partial charge < -0.3 is 15.3 Å². The average molecular weight is 236 g/mol. The maximum Gasteiger partial charge on any atom is 0.335 e. The lowest BCUT2D eigenvalue weighted by molar-refractivity contribution is -0.117. The first-order valence-electron chi connectivity index (χ1n) is 4.52. The molecule has 1 heterocycles. The highest BCUT2D eigenvalue weighted by atomic mass is 32.1. The molecule has 0 saturated carbocycles. The normalized spacial score (nSPS) is 15.1. The molecule has 1 aromatic carbocycles. The third-order valence-corrected chi connectivity index (χ3v) is 2.54. The minimum absolute atomic E-state index is 0.160. The predicted octanol–water partition coefficient (Wildman–Crippen LogP) is 0.606. The molecule has 1 aliphatic rings. The van der Waals surface area contributed by atoms with E-state index in [1.54, 1.807) is 17.0 Å². The quantitative estimate of drug-likeness (QED) is 0.736. The second-order valence-electron chi connectivity index (χ2n) is 3.29. The molecule has 2 rings (SSSR count). The van der Waals surface area contributed by atoms with Gasteiger partial charge in [-0.3, -0.25) is 4.79 Å². The van der Waals surface area contributed by atoms with E-state index in [-0.39, 0.29) is 18.0 Å². The number of amides is 1. The Kier molecular flexibility index (Phi) is 2.57. The maximum absolute atomic E-state index is 11.1. The average Bonchev–Trinajstić information content (AvgIpc) is 2.58. The van der Waals surface area contributed by atoms with Crippen molar-refractivity contribution in [1.29, 1.82) is 0 Å². The van der Waals surface area contributed by atoms with Gasteiger partial charge in [0, 0.05) is 5.69 Å². The number of thiocarbonyl (C=S) groups is 1. The molecular formula is C10H8N2O3S. The summed E-state index contributed by atoms with van der Waals surface area (Å²) in [5.41, 5.74) is 0.904. The van der Waals surface area contributed by atoms with Gasteiger partial charge in [0.1, 0.15) is 6.54 Å². The van der Waals surface area contributed by atoms with Crippen LogP contribution in [0.1, 0.15) is 10.4 Å². The molecule has 82 valence electrons. The van der Waals surface area contributed by atoms with Gasteiger partial charge in [-0.25, -0.2) is 4.79 Å². The Hall–Kier alpha value is -1.95. The van der Waals surface area contributed by atoms with Crippen LogP contribution >= 0.6 is 12.2 Å². The van der Waals surface area contributed by atoms with E-state index in [0.29, 0.717) is 10.8 Å². The Morgan fingerprint density at radius 2 is 2.00 bits per heavy atom. The van der Waals surface area contributed by atoms with Crippen LogP contribution in [0.5, 0.6) is 0 Å². The van der Waals surface area contributed by atoms with Crippen LogP contribution in [0.15, 0.2) is 24.3 Å². The van der Waals surface area contributed by atoms with Gasteiger partial charge in [0.2, 0.25) is 5.91 Å².